The van der Waals surface area contributed by atoms with Gasteiger partial charge in [0.1, 0.15) is 0 Å². The van der Waals surface area contributed by atoms with Crippen LogP contribution in [0.5, 0.6) is 0 Å². The van der Waals surface area contributed by atoms with Crippen LogP contribution in [0, 0.1) is 5.92 Å². The molecule has 1 unspecified atom stereocenters. The van der Waals surface area contributed by atoms with Crippen molar-refractivity contribution in [2.75, 3.05) is 14.1 Å². The van der Waals surface area contributed by atoms with E-state index in [-0.39, 0.29) is 0 Å². The van der Waals surface area contributed by atoms with E-state index in [1.807, 2.05) is 0 Å². The Labute approximate surface area is 106 Å². The van der Waals surface area contributed by atoms with Crippen molar-refractivity contribution in [2.24, 2.45) is 11.8 Å². The molecule has 3 heteroatoms. The molecule has 0 aromatic carbocycles. The van der Waals surface area contributed by atoms with Crippen LogP contribution in [0.3, 0.4) is 0 Å². The second-order valence-electron chi connectivity index (χ2n) is 6.25. The Morgan fingerprint density at radius 2 is 1.65 bits per heavy atom. The fraction of sp³-hybridized carbons (Fsp3) is 1.00. The molecule has 0 spiro atoms. The summed E-state index contributed by atoms with van der Waals surface area (Å²) in [4.78, 5) is 2.44. The molecule has 3 N–H and O–H groups in total. The summed E-state index contributed by atoms with van der Waals surface area (Å²) in [5.74, 6) is 6.72. The molecule has 17 heavy (non-hydrogen) atoms. The third-order valence-electron chi connectivity index (χ3n) is 5.24. The molecular weight excluding hydrogens is 210 g/mol. The van der Waals surface area contributed by atoms with Gasteiger partial charge in [0.2, 0.25) is 0 Å². The molecule has 2 rings (SSSR count). The van der Waals surface area contributed by atoms with E-state index in [1.54, 1.807) is 0 Å². The zero-order valence-corrected chi connectivity index (χ0v) is 11.5. The summed E-state index contributed by atoms with van der Waals surface area (Å²) in [6.45, 7) is 0. The molecule has 0 amide bonds. The molecule has 2 aliphatic carbocycles. The van der Waals surface area contributed by atoms with Gasteiger partial charge in [0.25, 0.3) is 0 Å². The Morgan fingerprint density at radius 1 is 1.06 bits per heavy atom. The van der Waals surface area contributed by atoms with Gasteiger partial charge in [-0.1, -0.05) is 32.1 Å². The van der Waals surface area contributed by atoms with Gasteiger partial charge in [0.05, 0.1) is 0 Å². The maximum Gasteiger partial charge on any atom is 0.0422 e. The highest BCUT2D eigenvalue weighted by Gasteiger charge is 2.45. The summed E-state index contributed by atoms with van der Waals surface area (Å²) >= 11 is 0. The highest BCUT2D eigenvalue weighted by molar-refractivity contribution is 5.04. The largest absolute Gasteiger partial charge is 0.302 e. The molecule has 0 aromatic rings. The van der Waals surface area contributed by atoms with Crippen LogP contribution in [-0.2, 0) is 0 Å². The molecule has 2 fully saturated rings. The molecule has 0 saturated heterocycles. The van der Waals surface area contributed by atoms with Gasteiger partial charge in [-0.05, 0) is 45.7 Å². The van der Waals surface area contributed by atoms with Crippen LogP contribution in [0.25, 0.3) is 0 Å². The van der Waals surface area contributed by atoms with E-state index in [2.05, 4.69) is 24.4 Å². The average molecular weight is 239 g/mol. The van der Waals surface area contributed by atoms with Crippen molar-refractivity contribution in [1.29, 1.82) is 0 Å². The van der Waals surface area contributed by atoms with Crippen molar-refractivity contribution in [2.45, 2.75) is 69.4 Å². The lowest BCUT2D eigenvalue weighted by atomic mass is 9.73. The monoisotopic (exact) mass is 239 g/mol. The first-order valence-electron chi connectivity index (χ1n) is 7.34. The minimum absolute atomic E-state index is 0.316. The predicted octanol–water partition coefficient (Wildman–Crippen LogP) is 2.27. The molecule has 1 atom stereocenters. The van der Waals surface area contributed by atoms with Crippen molar-refractivity contribution >= 4 is 0 Å². The molecule has 0 heterocycles. The first-order valence-corrected chi connectivity index (χ1v) is 7.34. The van der Waals surface area contributed by atoms with Crippen LogP contribution >= 0.6 is 0 Å². The van der Waals surface area contributed by atoms with Crippen molar-refractivity contribution in [1.82, 2.24) is 10.3 Å². The van der Waals surface area contributed by atoms with E-state index >= 15 is 0 Å². The van der Waals surface area contributed by atoms with E-state index < -0.39 is 0 Å². The summed E-state index contributed by atoms with van der Waals surface area (Å²) in [5, 5.41) is 0. The van der Waals surface area contributed by atoms with Crippen LogP contribution in [0.4, 0.5) is 0 Å². The number of rotatable bonds is 4. The van der Waals surface area contributed by atoms with Crippen molar-refractivity contribution in [3.05, 3.63) is 0 Å². The molecule has 2 saturated carbocycles. The lowest BCUT2D eigenvalue weighted by molar-refractivity contribution is 0.0612. The number of hydrogen-bond donors (Lipinski definition) is 2. The van der Waals surface area contributed by atoms with Crippen LogP contribution in [0.2, 0.25) is 0 Å². The van der Waals surface area contributed by atoms with Gasteiger partial charge >= 0.3 is 0 Å². The second kappa shape index (κ2) is 5.68. The Kier molecular flexibility index (Phi) is 4.45. The molecule has 0 radical (unpaired) electrons. The van der Waals surface area contributed by atoms with Crippen LogP contribution in [0.15, 0.2) is 0 Å². The molecule has 0 aromatic heterocycles. The predicted molar refractivity (Wildman–Crippen MR) is 72.6 cm³/mol. The van der Waals surface area contributed by atoms with Crippen LogP contribution in [-0.4, -0.2) is 30.6 Å². The van der Waals surface area contributed by atoms with Gasteiger partial charge < -0.3 is 4.90 Å². The van der Waals surface area contributed by atoms with Crippen LogP contribution in [0.1, 0.15) is 57.8 Å². The van der Waals surface area contributed by atoms with E-state index in [1.165, 1.54) is 57.8 Å². The summed E-state index contributed by atoms with van der Waals surface area (Å²) in [6.07, 6.45) is 12.3. The van der Waals surface area contributed by atoms with Gasteiger partial charge in [0, 0.05) is 11.6 Å². The first-order chi connectivity index (χ1) is 8.20. The molecule has 0 aliphatic heterocycles. The first kappa shape index (κ1) is 13.3. The van der Waals surface area contributed by atoms with Crippen molar-refractivity contribution in [3.63, 3.8) is 0 Å². The topological polar surface area (TPSA) is 41.3 Å². The summed E-state index contributed by atoms with van der Waals surface area (Å²) < 4.78 is 0. The third kappa shape index (κ3) is 2.51. The summed E-state index contributed by atoms with van der Waals surface area (Å²) in [5.41, 5.74) is 3.51. The fourth-order valence-corrected chi connectivity index (χ4v) is 4.22. The molecule has 2 aliphatic rings. The minimum atomic E-state index is 0.316. The lowest BCUT2D eigenvalue weighted by Gasteiger charge is -2.47. The Morgan fingerprint density at radius 3 is 2.12 bits per heavy atom. The molecule has 3 nitrogen and oxygen atoms in total. The Bertz CT molecular complexity index is 228. The van der Waals surface area contributed by atoms with Crippen molar-refractivity contribution in [3.8, 4) is 0 Å². The fourth-order valence-electron chi connectivity index (χ4n) is 4.22. The third-order valence-corrected chi connectivity index (χ3v) is 5.24. The highest BCUT2D eigenvalue weighted by Crippen LogP contribution is 2.42. The number of likely N-dealkylation sites (N-methyl/N-ethyl adjacent to an activating group) is 1. The summed E-state index contributed by atoms with van der Waals surface area (Å²) in [6, 6.07) is 0.486. The molecular formula is C14H29N3. The highest BCUT2D eigenvalue weighted by atomic mass is 15.3. The van der Waals surface area contributed by atoms with Gasteiger partial charge in [-0.25, -0.2) is 0 Å². The van der Waals surface area contributed by atoms with Gasteiger partial charge in [-0.2, -0.15) is 0 Å². The number of nitrogens with zero attached hydrogens (tertiary/aromatic N) is 1. The Balaban J connectivity index is 2.13. The zero-order chi connectivity index (χ0) is 12.3. The second-order valence-corrected chi connectivity index (χ2v) is 6.25. The molecule has 0 bridgehead atoms. The smallest absolute Gasteiger partial charge is 0.0422 e. The van der Waals surface area contributed by atoms with E-state index in [9.17, 15) is 0 Å². The van der Waals surface area contributed by atoms with Gasteiger partial charge in [0.15, 0.2) is 0 Å². The van der Waals surface area contributed by atoms with Gasteiger partial charge in [-0.3, -0.25) is 11.3 Å². The normalized spacial score (nSPS) is 27.5. The number of hydrogen-bond acceptors (Lipinski definition) is 3. The Hall–Kier alpha value is -0.120. The number of nitrogens with two attached hydrogens (primary N) is 1. The average Bonchev–Trinajstić information content (AvgIpc) is 2.82. The molecule has 100 valence electrons. The van der Waals surface area contributed by atoms with Crippen LogP contribution < -0.4 is 11.3 Å². The van der Waals surface area contributed by atoms with Crippen molar-refractivity contribution < 1.29 is 0 Å². The standard InChI is InChI=1S/C14H29N3/c1-17(2)14(10-6-7-11-14)13(16-15)12-8-4-3-5-9-12/h12-13,16H,3-11,15H2,1-2H3. The summed E-state index contributed by atoms with van der Waals surface area (Å²) in [7, 11) is 4.47. The SMILES string of the molecule is CN(C)C1(C(NN)C2CCCCC2)CCCC1. The van der Waals surface area contributed by atoms with E-state index in [0.29, 0.717) is 11.6 Å². The van der Waals surface area contributed by atoms with Gasteiger partial charge in [-0.15, -0.1) is 0 Å². The van der Waals surface area contributed by atoms with E-state index in [0.717, 1.165) is 5.92 Å². The minimum Gasteiger partial charge on any atom is -0.302 e. The number of nitrogens with one attached hydrogen (secondary N) is 1. The maximum absolute atomic E-state index is 5.93. The maximum atomic E-state index is 5.93. The lowest BCUT2D eigenvalue weighted by Crippen LogP contribution is -2.62. The van der Waals surface area contributed by atoms with E-state index in [4.69, 9.17) is 5.84 Å². The zero-order valence-electron chi connectivity index (χ0n) is 11.5. The quantitative estimate of drug-likeness (QED) is 0.584. The number of hydrazine groups is 1.